The molecule has 2 aliphatic rings. The van der Waals surface area contributed by atoms with E-state index in [2.05, 4.69) is 38.1 Å². The Hall–Kier alpha value is -2.92. The van der Waals surface area contributed by atoms with E-state index in [4.69, 9.17) is 0 Å². The lowest BCUT2D eigenvalue weighted by atomic mass is 9.93. The van der Waals surface area contributed by atoms with Gasteiger partial charge in [-0.25, -0.2) is 0 Å². The summed E-state index contributed by atoms with van der Waals surface area (Å²) in [5, 5.41) is 0. The van der Waals surface area contributed by atoms with E-state index < -0.39 is 0 Å². The van der Waals surface area contributed by atoms with E-state index in [1.54, 1.807) is 11.8 Å². The van der Waals surface area contributed by atoms with E-state index in [1.807, 2.05) is 41.4 Å². The van der Waals surface area contributed by atoms with Crippen LogP contribution in [0.25, 0.3) is 6.08 Å². The number of carbonyl (C=O) groups is 2. The van der Waals surface area contributed by atoms with Crippen LogP contribution in [0.5, 0.6) is 0 Å². The minimum absolute atomic E-state index is 0.0358. The largest absolute Gasteiger partial charge is 0.331 e. The summed E-state index contributed by atoms with van der Waals surface area (Å²) in [6, 6.07) is 16.7. The molecule has 2 aromatic rings. The molecule has 1 N–H and O–H groups in total. The molecule has 0 radical (unpaired) electrons. The maximum atomic E-state index is 13.2. The van der Waals surface area contributed by atoms with E-state index in [1.165, 1.54) is 16.0 Å². The van der Waals surface area contributed by atoms with Gasteiger partial charge in [-0.1, -0.05) is 62.4 Å². The topological polar surface area (TPSA) is 45.1 Å². The zero-order chi connectivity index (χ0) is 22.7. The highest BCUT2D eigenvalue weighted by molar-refractivity contribution is 5.82. The first-order valence-electron chi connectivity index (χ1n) is 11.7. The highest BCUT2D eigenvalue weighted by Gasteiger charge is 2.31. The average molecular weight is 433 g/mol. The molecule has 0 bridgehead atoms. The monoisotopic (exact) mass is 432 g/mol. The molecule has 32 heavy (non-hydrogen) atoms. The third-order valence-electron chi connectivity index (χ3n) is 6.76. The fourth-order valence-electron chi connectivity index (χ4n) is 4.77. The standard InChI is InChI=1S/C27H33N3O2/c1-20(2)23-10-8-22(9-11-23)19-28-14-16-29(17-15-28)27(32)18-26-25-7-5-4-6-24(25)12-13-30(26)21(3)31/h4-13,20,26H,14-19H2,1-3H3/p+1/t26-/m1/s1. The molecule has 1 saturated heterocycles. The molecule has 0 unspecified atom stereocenters. The number of carbonyl (C=O) groups excluding carboxylic acids is 2. The number of nitrogens with one attached hydrogen (secondary N) is 1. The molecule has 5 nitrogen and oxygen atoms in total. The molecule has 0 spiro atoms. The van der Waals surface area contributed by atoms with Crippen LogP contribution >= 0.6 is 0 Å². The van der Waals surface area contributed by atoms with Crippen LogP contribution in [0.3, 0.4) is 0 Å². The Bertz CT molecular complexity index is 988. The van der Waals surface area contributed by atoms with Crippen molar-refractivity contribution in [3.05, 3.63) is 77.0 Å². The van der Waals surface area contributed by atoms with Gasteiger partial charge in [0.05, 0.1) is 38.6 Å². The number of fused-ring (bicyclic) bond motifs is 1. The molecule has 0 aromatic heterocycles. The van der Waals surface area contributed by atoms with Crippen LogP contribution in [0.4, 0.5) is 0 Å². The molecule has 1 fully saturated rings. The highest BCUT2D eigenvalue weighted by Crippen LogP contribution is 2.33. The number of hydrogen-bond acceptors (Lipinski definition) is 2. The second-order valence-corrected chi connectivity index (χ2v) is 9.29. The number of quaternary nitrogens is 1. The molecule has 2 amide bonds. The van der Waals surface area contributed by atoms with E-state index in [0.29, 0.717) is 12.3 Å². The summed E-state index contributed by atoms with van der Waals surface area (Å²) in [4.78, 5) is 30.6. The van der Waals surface area contributed by atoms with Gasteiger partial charge in [0.2, 0.25) is 11.8 Å². The number of rotatable bonds is 5. The van der Waals surface area contributed by atoms with Gasteiger partial charge in [0.25, 0.3) is 0 Å². The quantitative estimate of drug-likeness (QED) is 0.790. The predicted molar refractivity (Wildman–Crippen MR) is 127 cm³/mol. The van der Waals surface area contributed by atoms with Crippen molar-refractivity contribution >= 4 is 17.9 Å². The molecule has 168 valence electrons. The molecular formula is C27H34N3O2+. The third-order valence-corrected chi connectivity index (χ3v) is 6.76. The van der Waals surface area contributed by atoms with Crippen LogP contribution in [0.15, 0.2) is 54.7 Å². The van der Waals surface area contributed by atoms with Crippen molar-refractivity contribution in [1.29, 1.82) is 0 Å². The fraction of sp³-hybridized carbons (Fsp3) is 0.407. The van der Waals surface area contributed by atoms with Gasteiger partial charge in [-0.15, -0.1) is 0 Å². The van der Waals surface area contributed by atoms with Gasteiger partial charge in [0.15, 0.2) is 0 Å². The Labute approximate surface area is 191 Å². The van der Waals surface area contributed by atoms with E-state index >= 15 is 0 Å². The van der Waals surface area contributed by atoms with Crippen molar-refractivity contribution in [2.75, 3.05) is 26.2 Å². The number of piperazine rings is 1. The molecular weight excluding hydrogens is 398 g/mol. The average Bonchev–Trinajstić information content (AvgIpc) is 2.80. The van der Waals surface area contributed by atoms with Crippen LogP contribution < -0.4 is 4.90 Å². The number of benzene rings is 2. The molecule has 1 atom stereocenters. The van der Waals surface area contributed by atoms with E-state index in [-0.39, 0.29) is 17.9 Å². The van der Waals surface area contributed by atoms with Crippen molar-refractivity contribution in [2.45, 2.75) is 45.7 Å². The first-order valence-corrected chi connectivity index (χ1v) is 11.7. The number of nitrogens with zero attached hydrogens (tertiary/aromatic N) is 2. The van der Waals surface area contributed by atoms with Gasteiger partial charge in [0, 0.05) is 18.7 Å². The minimum Gasteiger partial charge on any atom is -0.331 e. The van der Waals surface area contributed by atoms with E-state index in [0.717, 1.165) is 43.9 Å². The van der Waals surface area contributed by atoms with Gasteiger partial charge in [-0.05, 0) is 28.7 Å². The zero-order valence-electron chi connectivity index (χ0n) is 19.4. The summed E-state index contributed by atoms with van der Waals surface area (Å²) in [7, 11) is 0. The van der Waals surface area contributed by atoms with E-state index in [9.17, 15) is 9.59 Å². The van der Waals surface area contributed by atoms with Crippen LogP contribution in [-0.2, 0) is 16.1 Å². The summed E-state index contributed by atoms with van der Waals surface area (Å²) in [5.74, 6) is 0.648. The molecule has 2 aromatic carbocycles. The van der Waals surface area contributed by atoms with Gasteiger partial charge < -0.3 is 14.7 Å². The third kappa shape index (κ3) is 4.94. The van der Waals surface area contributed by atoms with Gasteiger partial charge in [-0.2, -0.15) is 0 Å². The van der Waals surface area contributed by atoms with Crippen LogP contribution in [0.2, 0.25) is 0 Å². The summed E-state index contributed by atoms with van der Waals surface area (Å²) >= 11 is 0. The molecule has 0 aliphatic carbocycles. The first-order chi connectivity index (χ1) is 15.4. The highest BCUT2D eigenvalue weighted by atomic mass is 16.2. The van der Waals surface area contributed by atoms with Crippen molar-refractivity contribution in [1.82, 2.24) is 9.80 Å². The van der Waals surface area contributed by atoms with Gasteiger partial charge in [0.1, 0.15) is 6.54 Å². The molecule has 5 heteroatoms. The lowest BCUT2D eigenvalue weighted by molar-refractivity contribution is -0.917. The summed E-state index contributed by atoms with van der Waals surface area (Å²) < 4.78 is 0. The molecule has 4 rings (SSSR count). The molecule has 2 heterocycles. The Morgan fingerprint density at radius 3 is 2.38 bits per heavy atom. The Morgan fingerprint density at radius 2 is 1.72 bits per heavy atom. The van der Waals surface area contributed by atoms with Crippen LogP contribution in [0.1, 0.15) is 61.4 Å². The smallest absolute Gasteiger partial charge is 0.225 e. The summed E-state index contributed by atoms with van der Waals surface area (Å²) in [5.41, 5.74) is 4.86. The van der Waals surface area contributed by atoms with Gasteiger partial charge in [-0.3, -0.25) is 9.59 Å². The summed E-state index contributed by atoms with van der Waals surface area (Å²) in [6.07, 6.45) is 4.09. The van der Waals surface area contributed by atoms with Crippen LogP contribution in [0, 0.1) is 0 Å². The Morgan fingerprint density at radius 1 is 1.03 bits per heavy atom. The van der Waals surface area contributed by atoms with Crippen LogP contribution in [-0.4, -0.2) is 47.8 Å². The normalized spacial score (nSPS) is 18.7. The Kier molecular flexibility index (Phi) is 6.75. The minimum atomic E-state index is -0.231. The van der Waals surface area contributed by atoms with Gasteiger partial charge >= 0.3 is 0 Å². The van der Waals surface area contributed by atoms with Crippen molar-refractivity contribution in [3.63, 3.8) is 0 Å². The van der Waals surface area contributed by atoms with Crippen molar-refractivity contribution in [3.8, 4) is 0 Å². The SMILES string of the molecule is CC(=O)N1C=Cc2ccccc2[C@H]1CC(=O)N1CC[NH+](Cc2ccc(C(C)C)cc2)CC1. The maximum Gasteiger partial charge on any atom is 0.225 e. The maximum absolute atomic E-state index is 13.2. The first kappa shape index (κ1) is 22.3. The molecule has 2 aliphatic heterocycles. The zero-order valence-corrected chi connectivity index (χ0v) is 19.4. The Balaban J connectivity index is 1.35. The molecule has 0 saturated carbocycles. The second-order valence-electron chi connectivity index (χ2n) is 9.29. The van der Waals surface area contributed by atoms with Crippen molar-refractivity contribution in [2.24, 2.45) is 0 Å². The number of hydrogen-bond donors (Lipinski definition) is 1. The lowest BCUT2D eigenvalue weighted by Gasteiger charge is -2.36. The van der Waals surface area contributed by atoms with Crippen molar-refractivity contribution < 1.29 is 14.5 Å². The lowest BCUT2D eigenvalue weighted by Crippen LogP contribution is -3.13. The summed E-state index contributed by atoms with van der Waals surface area (Å²) in [6.45, 7) is 10.4. The predicted octanol–water partition coefficient (Wildman–Crippen LogP) is 3.00. The second kappa shape index (κ2) is 9.70. The fourth-order valence-corrected chi connectivity index (χ4v) is 4.77. The number of amides is 2.